The minimum atomic E-state index is -0.632. The van der Waals surface area contributed by atoms with Crippen LogP contribution in [0.3, 0.4) is 0 Å². The van der Waals surface area contributed by atoms with Crippen molar-refractivity contribution < 1.29 is 19.1 Å². The van der Waals surface area contributed by atoms with E-state index in [1.165, 1.54) is 7.11 Å². The minimum absolute atomic E-state index is 0.171. The van der Waals surface area contributed by atoms with Crippen LogP contribution in [0, 0.1) is 6.92 Å². The summed E-state index contributed by atoms with van der Waals surface area (Å²) >= 11 is 0. The second-order valence-corrected chi connectivity index (χ2v) is 6.48. The molecule has 6 nitrogen and oxygen atoms in total. The lowest BCUT2D eigenvalue weighted by molar-refractivity contribution is 0.0520. The number of ketones is 1. The van der Waals surface area contributed by atoms with Crippen LogP contribution in [0.4, 0.5) is 4.79 Å². The Morgan fingerprint density at radius 3 is 2.54 bits per heavy atom. The zero-order valence-corrected chi connectivity index (χ0v) is 14.6. The highest BCUT2D eigenvalue weighted by Gasteiger charge is 2.19. The first kappa shape index (κ1) is 17.7. The summed E-state index contributed by atoms with van der Waals surface area (Å²) in [6, 6.07) is 7.22. The largest absolute Gasteiger partial charge is 0.496 e. The van der Waals surface area contributed by atoms with Gasteiger partial charge >= 0.3 is 6.09 Å². The van der Waals surface area contributed by atoms with E-state index in [0.29, 0.717) is 11.3 Å². The Kier molecular flexibility index (Phi) is 5.07. The summed E-state index contributed by atoms with van der Waals surface area (Å²) in [5, 5.41) is 3.30. The number of nitrogens with one attached hydrogen (secondary N) is 1. The average Bonchev–Trinajstić information content (AvgIpc) is 2.49. The molecule has 2 aromatic rings. The second kappa shape index (κ2) is 6.86. The van der Waals surface area contributed by atoms with Crippen molar-refractivity contribution in [1.82, 2.24) is 10.3 Å². The summed E-state index contributed by atoms with van der Waals surface area (Å²) < 4.78 is 10.4. The van der Waals surface area contributed by atoms with E-state index in [-0.39, 0.29) is 12.3 Å². The number of aromatic nitrogens is 1. The fourth-order valence-corrected chi connectivity index (χ4v) is 2.20. The SMILES string of the molecule is COc1cc2nc(C)ccc2cc1C(=O)CNC(=O)OC(C)(C)C. The Morgan fingerprint density at radius 1 is 1.21 bits per heavy atom. The molecule has 1 amide bonds. The number of ether oxygens (including phenoxy) is 2. The smallest absolute Gasteiger partial charge is 0.408 e. The lowest BCUT2D eigenvalue weighted by Crippen LogP contribution is -2.35. The molecule has 0 saturated heterocycles. The van der Waals surface area contributed by atoms with Gasteiger partial charge in [0.15, 0.2) is 5.78 Å². The predicted octanol–water partition coefficient (Wildman–Crippen LogP) is 3.26. The first-order valence-corrected chi connectivity index (χ1v) is 7.65. The summed E-state index contributed by atoms with van der Waals surface area (Å²) in [6.07, 6.45) is -0.632. The molecule has 0 spiro atoms. The Morgan fingerprint density at radius 2 is 1.92 bits per heavy atom. The van der Waals surface area contributed by atoms with Crippen molar-refractivity contribution in [3.8, 4) is 5.75 Å². The summed E-state index contributed by atoms with van der Waals surface area (Å²) in [7, 11) is 1.50. The number of carbonyl (C=O) groups excluding carboxylic acids is 2. The minimum Gasteiger partial charge on any atom is -0.496 e. The fourth-order valence-electron chi connectivity index (χ4n) is 2.20. The van der Waals surface area contributed by atoms with Crippen LogP contribution in [0.2, 0.25) is 0 Å². The predicted molar refractivity (Wildman–Crippen MR) is 91.6 cm³/mol. The first-order valence-electron chi connectivity index (χ1n) is 7.65. The molecule has 1 aromatic carbocycles. The van der Waals surface area contributed by atoms with Gasteiger partial charge in [-0.3, -0.25) is 9.78 Å². The van der Waals surface area contributed by atoms with E-state index < -0.39 is 11.7 Å². The van der Waals surface area contributed by atoms with E-state index in [1.54, 1.807) is 32.9 Å². The molecule has 1 N–H and O–H groups in total. The van der Waals surface area contributed by atoms with E-state index in [0.717, 1.165) is 16.6 Å². The number of Topliss-reactive ketones (excluding diaryl/α,β-unsaturated/α-hetero) is 1. The standard InChI is InChI=1S/C18H22N2O4/c1-11-6-7-12-8-13(16(23-5)9-14(12)20-11)15(21)10-19-17(22)24-18(2,3)4/h6-9H,10H2,1-5H3,(H,19,22). The molecule has 2 rings (SSSR count). The molecule has 0 aliphatic rings. The van der Waals surface area contributed by atoms with E-state index in [9.17, 15) is 9.59 Å². The molecular formula is C18H22N2O4. The number of benzene rings is 1. The van der Waals surface area contributed by atoms with Gasteiger partial charge in [0.25, 0.3) is 0 Å². The van der Waals surface area contributed by atoms with Gasteiger partial charge in [0, 0.05) is 17.1 Å². The normalized spacial score (nSPS) is 11.2. The van der Waals surface area contributed by atoms with Gasteiger partial charge in [0.1, 0.15) is 11.4 Å². The van der Waals surface area contributed by atoms with Gasteiger partial charge in [-0.25, -0.2) is 4.79 Å². The molecule has 128 valence electrons. The highest BCUT2D eigenvalue weighted by molar-refractivity contribution is 6.04. The Hall–Kier alpha value is -2.63. The lowest BCUT2D eigenvalue weighted by atomic mass is 10.1. The van der Waals surface area contributed by atoms with Crippen molar-refractivity contribution in [2.24, 2.45) is 0 Å². The average molecular weight is 330 g/mol. The van der Waals surface area contributed by atoms with Crippen LogP contribution >= 0.6 is 0 Å². The Balaban J connectivity index is 2.19. The summed E-state index contributed by atoms with van der Waals surface area (Å²) in [5.74, 6) is 0.164. The van der Waals surface area contributed by atoms with Gasteiger partial charge in [-0.1, -0.05) is 6.07 Å². The van der Waals surface area contributed by atoms with Crippen molar-refractivity contribution in [3.63, 3.8) is 0 Å². The fraction of sp³-hybridized carbons (Fsp3) is 0.389. The van der Waals surface area contributed by atoms with Crippen LogP contribution in [0.25, 0.3) is 10.9 Å². The molecule has 0 radical (unpaired) electrons. The van der Waals surface area contributed by atoms with Crippen molar-refractivity contribution in [3.05, 3.63) is 35.5 Å². The van der Waals surface area contributed by atoms with Crippen LogP contribution < -0.4 is 10.1 Å². The van der Waals surface area contributed by atoms with E-state index in [1.807, 2.05) is 19.1 Å². The number of methoxy groups -OCH3 is 1. The van der Waals surface area contributed by atoms with Crippen molar-refractivity contribution in [2.75, 3.05) is 13.7 Å². The number of rotatable bonds is 4. The summed E-state index contributed by atoms with van der Waals surface area (Å²) in [6.45, 7) is 7.01. The molecule has 0 fully saturated rings. The number of aryl methyl sites for hydroxylation is 1. The Bertz CT molecular complexity index is 778. The third-order valence-electron chi connectivity index (χ3n) is 3.24. The molecule has 0 saturated carbocycles. The van der Waals surface area contributed by atoms with Crippen LogP contribution in [0.15, 0.2) is 24.3 Å². The van der Waals surface area contributed by atoms with Crippen LogP contribution in [-0.2, 0) is 4.74 Å². The van der Waals surface area contributed by atoms with Gasteiger partial charge in [-0.05, 0) is 39.8 Å². The molecule has 1 aromatic heterocycles. The zero-order chi connectivity index (χ0) is 17.9. The molecule has 6 heteroatoms. The monoisotopic (exact) mass is 330 g/mol. The molecule has 1 heterocycles. The number of nitrogens with zero attached hydrogens (tertiary/aromatic N) is 1. The van der Waals surface area contributed by atoms with Crippen molar-refractivity contribution in [1.29, 1.82) is 0 Å². The molecule has 0 aliphatic carbocycles. The number of hydrogen-bond acceptors (Lipinski definition) is 5. The number of pyridine rings is 1. The number of fused-ring (bicyclic) bond motifs is 1. The third-order valence-corrected chi connectivity index (χ3v) is 3.24. The number of carbonyl (C=O) groups is 2. The van der Waals surface area contributed by atoms with Crippen molar-refractivity contribution >= 4 is 22.8 Å². The van der Waals surface area contributed by atoms with E-state index in [2.05, 4.69) is 10.3 Å². The summed E-state index contributed by atoms with van der Waals surface area (Å²) in [5.41, 5.74) is 1.42. The topological polar surface area (TPSA) is 77.5 Å². The molecule has 0 unspecified atom stereocenters. The third kappa shape index (κ3) is 4.44. The maximum absolute atomic E-state index is 12.4. The maximum Gasteiger partial charge on any atom is 0.408 e. The molecule has 0 atom stereocenters. The lowest BCUT2D eigenvalue weighted by Gasteiger charge is -2.19. The van der Waals surface area contributed by atoms with Gasteiger partial charge in [-0.15, -0.1) is 0 Å². The molecule has 0 bridgehead atoms. The van der Waals surface area contributed by atoms with E-state index in [4.69, 9.17) is 9.47 Å². The van der Waals surface area contributed by atoms with Crippen LogP contribution in [-0.4, -0.2) is 36.1 Å². The van der Waals surface area contributed by atoms with Gasteiger partial charge in [0.2, 0.25) is 0 Å². The first-order chi connectivity index (χ1) is 11.2. The number of alkyl carbamates (subject to hydrolysis) is 1. The van der Waals surface area contributed by atoms with Gasteiger partial charge in [0.05, 0.1) is 24.7 Å². The summed E-state index contributed by atoms with van der Waals surface area (Å²) in [4.78, 5) is 28.5. The second-order valence-electron chi connectivity index (χ2n) is 6.48. The van der Waals surface area contributed by atoms with Crippen molar-refractivity contribution in [2.45, 2.75) is 33.3 Å². The highest BCUT2D eigenvalue weighted by Crippen LogP contribution is 2.25. The van der Waals surface area contributed by atoms with Crippen LogP contribution in [0.5, 0.6) is 5.75 Å². The molecule has 24 heavy (non-hydrogen) atoms. The zero-order valence-electron chi connectivity index (χ0n) is 14.6. The number of hydrogen-bond donors (Lipinski definition) is 1. The van der Waals surface area contributed by atoms with E-state index >= 15 is 0 Å². The highest BCUT2D eigenvalue weighted by atomic mass is 16.6. The number of amides is 1. The molecular weight excluding hydrogens is 308 g/mol. The quantitative estimate of drug-likeness (QED) is 0.871. The van der Waals surface area contributed by atoms with Gasteiger partial charge < -0.3 is 14.8 Å². The maximum atomic E-state index is 12.4. The molecule has 0 aliphatic heterocycles. The Labute approximate surface area is 141 Å². The van der Waals surface area contributed by atoms with Gasteiger partial charge in [-0.2, -0.15) is 0 Å². The van der Waals surface area contributed by atoms with Crippen LogP contribution in [0.1, 0.15) is 36.8 Å².